The minimum absolute atomic E-state index is 0.398. The van der Waals surface area contributed by atoms with Gasteiger partial charge < -0.3 is 18.6 Å². The maximum atomic E-state index is 11.7. The van der Waals surface area contributed by atoms with Crippen molar-refractivity contribution in [1.82, 2.24) is 9.13 Å². The van der Waals surface area contributed by atoms with E-state index in [1.54, 1.807) is 45.8 Å². The molecular formula is C18H22N4O4. The number of ether oxygens (including phenoxy) is 2. The molecule has 0 unspecified atom stereocenters. The average molecular weight is 358 g/mol. The first-order valence-corrected chi connectivity index (χ1v) is 7.99. The van der Waals surface area contributed by atoms with Gasteiger partial charge in [-0.2, -0.15) is 10.2 Å². The van der Waals surface area contributed by atoms with Gasteiger partial charge in [-0.05, 0) is 38.1 Å². The number of aromatic nitrogens is 2. The summed E-state index contributed by atoms with van der Waals surface area (Å²) in [6, 6.07) is 6.92. The zero-order valence-corrected chi connectivity index (χ0v) is 15.3. The fraction of sp³-hybridized carbons (Fsp3) is 0.333. The van der Waals surface area contributed by atoms with Crippen LogP contribution in [0.5, 0.6) is 0 Å². The van der Waals surface area contributed by atoms with Crippen LogP contribution in [-0.2, 0) is 22.6 Å². The molecular weight excluding hydrogens is 336 g/mol. The summed E-state index contributed by atoms with van der Waals surface area (Å²) >= 11 is 0. The Kier molecular flexibility index (Phi) is 6.48. The molecule has 0 atom stereocenters. The third-order valence-electron chi connectivity index (χ3n) is 3.64. The summed E-state index contributed by atoms with van der Waals surface area (Å²) in [5.74, 6) is -0.796. The Labute approximate surface area is 151 Å². The van der Waals surface area contributed by atoms with Crippen LogP contribution in [0.2, 0.25) is 0 Å². The van der Waals surface area contributed by atoms with Crippen LogP contribution in [-0.4, -0.2) is 46.7 Å². The Hall–Kier alpha value is -3.16. The van der Waals surface area contributed by atoms with Crippen LogP contribution >= 0.6 is 0 Å². The van der Waals surface area contributed by atoms with Gasteiger partial charge >= 0.3 is 11.9 Å². The first-order chi connectivity index (χ1) is 12.5. The van der Waals surface area contributed by atoms with Gasteiger partial charge in [0.2, 0.25) is 0 Å². The van der Waals surface area contributed by atoms with E-state index in [0.717, 1.165) is 11.4 Å². The molecule has 138 valence electrons. The highest BCUT2D eigenvalue weighted by Crippen LogP contribution is 2.06. The number of hydrogen-bond acceptors (Lipinski definition) is 6. The Balaban J connectivity index is 2.06. The highest BCUT2D eigenvalue weighted by atomic mass is 16.5. The Morgan fingerprint density at radius 3 is 1.58 bits per heavy atom. The van der Waals surface area contributed by atoms with Crippen molar-refractivity contribution in [2.75, 3.05) is 14.2 Å². The first-order valence-electron chi connectivity index (χ1n) is 7.99. The topological polar surface area (TPSA) is 87.2 Å². The number of methoxy groups -OCH3 is 2. The molecule has 26 heavy (non-hydrogen) atoms. The number of carbonyl (C=O) groups excluding carboxylic acids is 2. The van der Waals surface area contributed by atoms with Crippen LogP contribution in [0.15, 0.2) is 46.9 Å². The average Bonchev–Trinajstić information content (AvgIpc) is 3.28. The third kappa shape index (κ3) is 4.69. The van der Waals surface area contributed by atoms with Crippen molar-refractivity contribution in [2.24, 2.45) is 10.2 Å². The van der Waals surface area contributed by atoms with Gasteiger partial charge in [-0.1, -0.05) is 0 Å². The van der Waals surface area contributed by atoms with E-state index in [0.29, 0.717) is 24.5 Å². The Morgan fingerprint density at radius 2 is 1.23 bits per heavy atom. The Morgan fingerprint density at radius 1 is 0.846 bits per heavy atom. The quantitative estimate of drug-likeness (QED) is 0.432. The number of nitrogens with zero attached hydrogens (tertiary/aromatic N) is 4. The van der Waals surface area contributed by atoms with Crippen molar-refractivity contribution in [3.63, 3.8) is 0 Å². The van der Waals surface area contributed by atoms with Gasteiger partial charge in [0, 0.05) is 12.4 Å². The number of esters is 2. The maximum absolute atomic E-state index is 11.7. The van der Waals surface area contributed by atoms with Gasteiger partial charge in [0.05, 0.1) is 38.7 Å². The molecule has 0 aromatic carbocycles. The second-order valence-corrected chi connectivity index (χ2v) is 5.70. The standard InChI is InChI=1S/C18H22N4O4/c1-13(11-21-9-5-7-15(21)17(23)25-3)19-20-14(2)12-22-10-6-8-16(22)18(24)26-4/h5-10H,11-12H2,1-4H3/b19-13+,20-14+. The van der Waals surface area contributed by atoms with Crippen LogP contribution in [0.4, 0.5) is 0 Å². The molecule has 2 aromatic heterocycles. The summed E-state index contributed by atoms with van der Waals surface area (Å²) in [5.41, 5.74) is 2.37. The van der Waals surface area contributed by atoms with Gasteiger partial charge in [-0.15, -0.1) is 0 Å². The number of hydrogen-bond donors (Lipinski definition) is 0. The molecule has 0 amide bonds. The lowest BCUT2D eigenvalue weighted by Gasteiger charge is -2.08. The van der Waals surface area contributed by atoms with Crippen LogP contribution in [0, 0.1) is 0 Å². The van der Waals surface area contributed by atoms with Gasteiger partial charge in [0.15, 0.2) is 0 Å². The van der Waals surface area contributed by atoms with E-state index in [1.165, 1.54) is 14.2 Å². The first kappa shape index (κ1) is 19.2. The molecule has 8 nitrogen and oxygen atoms in total. The molecule has 0 radical (unpaired) electrons. The smallest absolute Gasteiger partial charge is 0.354 e. The molecule has 0 fully saturated rings. The summed E-state index contributed by atoms with van der Waals surface area (Å²) in [7, 11) is 2.69. The molecule has 0 saturated heterocycles. The lowest BCUT2D eigenvalue weighted by atomic mass is 10.3. The summed E-state index contributed by atoms with van der Waals surface area (Å²) in [4.78, 5) is 23.4. The summed E-state index contributed by atoms with van der Waals surface area (Å²) in [6.07, 6.45) is 3.56. The highest BCUT2D eigenvalue weighted by Gasteiger charge is 2.12. The van der Waals surface area contributed by atoms with E-state index in [4.69, 9.17) is 9.47 Å². The zero-order chi connectivity index (χ0) is 19.1. The van der Waals surface area contributed by atoms with Crippen molar-refractivity contribution in [2.45, 2.75) is 26.9 Å². The van der Waals surface area contributed by atoms with E-state index in [-0.39, 0.29) is 0 Å². The van der Waals surface area contributed by atoms with Gasteiger partial charge in [-0.25, -0.2) is 9.59 Å². The number of rotatable bonds is 7. The van der Waals surface area contributed by atoms with Crippen LogP contribution < -0.4 is 0 Å². The molecule has 0 saturated carbocycles. The van der Waals surface area contributed by atoms with Gasteiger partial charge in [0.1, 0.15) is 11.4 Å². The largest absolute Gasteiger partial charge is 0.464 e. The molecule has 0 bridgehead atoms. The van der Waals surface area contributed by atoms with E-state index in [2.05, 4.69) is 10.2 Å². The summed E-state index contributed by atoms with van der Waals surface area (Å²) in [6.45, 7) is 4.50. The van der Waals surface area contributed by atoms with Crippen LogP contribution in [0.1, 0.15) is 34.8 Å². The van der Waals surface area contributed by atoms with Crippen LogP contribution in [0.3, 0.4) is 0 Å². The fourth-order valence-corrected chi connectivity index (χ4v) is 2.41. The normalized spacial score (nSPS) is 12.2. The minimum Gasteiger partial charge on any atom is -0.464 e. The second-order valence-electron chi connectivity index (χ2n) is 5.70. The van der Waals surface area contributed by atoms with E-state index in [9.17, 15) is 9.59 Å². The second kappa shape index (κ2) is 8.80. The fourth-order valence-electron chi connectivity index (χ4n) is 2.41. The molecule has 0 aliphatic rings. The van der Waals surface area contributed by atoms with Crippen molar-refractivity contribution in [1.29, 1.82) is 0 Å². The molecule has 0 aliphatic carbocycles. The van der Waals surface area contributed by atoms with E-state index in [1.807, 2.05) is 13.8 Å². The monoisotopic (exact) mass is 358 g/mol. The van der Waals surface area contributed by atoms with Crippen molar-refractivity contribution < 1.29 is 19.1 Å². The molecule has 0 aliphatic heterocycles. The summed E-state index contributed by atoms with van der Waals surface area (Å²) in [5, 5.41) is 8.41. The predicted molar refractivity (Wildman–Crippen MR) is 97.8 cm³/mol. The molecule has 0 spiro atoms. The maximum Gasteiger partial charge on any atom is 0.354 e. The highest BCUT2D eigenvalue weighted by molar-refractivity contribution is 5.90. The lowest BCUT2D eigenvalue weighted by molar-refractivity contribution is 0.0580. The van der Waals surface area contributed by atoms with Crippen molar-refractivity contribution in [3.05, 3.63) is 48.0 Å². The Bertz CT molecular complexity index is 775. The molecule has 2 heterocycles. The number of carbonyl (C=O) groups is 2. The van der Waals surface area contributed by atoms with E-state index < -0.39 is 11.9 Å². The lowest BCUT2D eigenvalue weighted by Crippen LogP contribution is -2.15. The van der Waals surface area contributed by atoms with Crippen molar-refractivity contribution in [3.8, 4) is 0 Å². The minimum atomic E-state index is -0.398. The molecule has 2 aromatic rings. The zero-order valence-electron chi connectivity index (χ0n) is 15.3. The van der Waals surface area contributed by atoms with Crippen molar-refractivity contribution >= 4 is 23.4 Å². The van der Waals surface area contributed by atoms with Gasteiger partial charge in [-0.3, -0.25) is 0 Å². The van der Waals surface area contributed by atoms with E-state index >= 15 is 0 Å². The summed E-state index contributed by atoms with van der Waals surface area (Å²) < 4.78 is 13.0. The molecule has 8 heteroatoms. The third-order valence-corrected chi connectivity index (χ3v) is 3.64. The molecule has 0 N–H and O–H groups in total. The van der Waals surface area contributed by atoms with Gasteiger partial charge in [0.25, 0.3) is 0 Å². The van der Waals surface area contributed by atoms with Crippen LogP contribution in [0.25, 0.3) is 0 Å². The molecule has 2 rings (SSSR count). The predicted octanol–water partition coefficient (Wildman–Crippen LogP) is 2.40. The SMILES string of the molecule is COC(=O)c1cccn1C/C(C)=N/N=C(\C)Cn1cccc1C(=O)OC.